The Morgan fingerprint density at radius 3 is 2.44 bits per heavy atom. The summed E-state index contributed by atoms with van der Waals surface area (Å²) in [5.41, 5.74) is 1.83. The van der Waals surface area contributed by atoms with Crippen LogP contribution in [0.2, 0.25) is 0 Å². The topological polar surface area (TPSA) is 3.24 Å². The molecule has 1 heterocycles. The molecule has 2 rings (SSSR count). The highest BCUT2D eigenvalue weighted by molar-refractivity contribution is 5.15. The van der Waals surface area contributed by atoms with Crippen LogP contribution in [0, 0.1) is 5.92 Å². The highest BCUT2D eigenvalue weighted by Crippen LogP contribution is 2.26. The van der Waals surface area contributed by atoms with Gasteiger partial charge in [-0.15, -0.1) is 0 Å². The molecule has 1 atom stereocenters. The minimum absolute atomic E-state index is 0.339. The molecule has 1 aliphatic rings. The number of nitrogens with zero attached hydrogens (tertiary/aromatic N) is 1. The molecule has 0 radical (unpaired) electrons. The van der Waals surface area contributed by atoms with Crippen LogP contribution in [0.5, 0.6) is 0 Å². The third-order valence-electron chi connectivity index (χ3n) is 3.60. The minimum Gasteiger partial charge on any atom is -0.298 e. The lowest BCUT2D eigenvalue weighted by Gasteiger charge is -2.31. The second kappa shape index (κ2) is 4.58. The van der Waals surface area contributed by atoms with E-state index in [4.69, 9.17) is 0 Å². The van der Waals surface area contributed by atoms with Crippen molar-refractivity contribution in [2.75, 3.05) is 13.1 Å². The van der Waals surface area contributed by atoms with Gasteiger partial charge in [0.2, 0.25) is 0 Å². The maximum atomic E-state index is 2.61. The summed E-state index contributed by atoms with van der Waals surface area (Å²) >= 11 is 0. The molecular weight excluding hydrogens is 194 g/mol. The van der Waals surface area contributed by atoms with Crippen molar-refractivity contribution in [1.29, 1.82) is 0 Å². The molecule has 16 heavy (non-hydrogen) atoms. The van der Waals surface area contributed by atoms with Crippen LogP contribution in [0.3, 0.4) is 0 Å². The Bertz CT molecular complexity index is 323. The van der Waals surface area contributed by atoms with Gasteiger partial charge >= 0.3 is 0 Å². The van der Waals surface area contributed by atoms with Gasteiger partial charge < -0.3 is 0 Å². The third-order valence-corrected chi connectivity index (χ3v) is 3.60. The molecule has 88 valence electrons. The zero-order valence-electron chi connectivity index (χ0n) is 10.7. The zero-order chi connectivity index (χ0) is 11.6. The number of hydrogen-bond donors (Lipinski definition) is 0. The fourth-order valence-electron chi connectivity index (χ4n) is 2.56. The summed E-state index contributed by atoms with van der Waals surface area (Å²) in [5, 5.41) is 0. The summed E-state index contributed by atoms with van der Waals surface area (Å²) in [5.74, 6) is 0.849. The van der Waals surface area contributed by atoms with Crippen LogP contribution >= 0.6 is 0 Å². The first kappa shape index (κ1) is 11.7. The predicted molar refractivity (Wildman–Crippen MR) is 69.6 cm³/mol. The molecule has 0 amide bonds. The number of hydrogen-bond acceptors (Lipinski definition) is 1. The highest BCUT2D eigenvalue weighted by Gasteiger charge is 2.29. The molecular formula is C15H23N. The molecule has 1 unspecified atom stereocenters. The Morgan fingerprint density at radius 2 is 1.88 bits per heavy atom. The Balaban J connectivity index is 1.91. The van der Waals surface area contributed by atoms with Gasteiger partial charge in [0.15, 0.2) is 0 Å². The average molecular weight is 217 g/mol. The Hall–Kier alpha value is -0.820. The van der Waals surface area contributed by atoms with Gasteiger partial charge in [-0.3, -0.25) is 4.90 Å². The van der Waals surface area contributed by atoms with Crippen LogP contribution < -0.4 is 0 Å². The van der Waals surface area contributed by atoms with Crippen molar-refractivity contribution in [2.24, 2.45) is 5.92 Å². The summed E-state index contributed by atoms with van der Waals surface area (Å²) in [7, 11) is 0. The highest BCUT2D eigenvalue weighted by atomic mass is 15.2. The van der Waals surface area contributed by atoms with Gasteiger partial charge in [-0.1, -0.05) is 30.3 Å². The molecule has 1 fully saturated rings. The largest absolute Gasteiger partial charge is 0.298 e. The Labute approximate surface area is 99.5 Å². The SMILES string of the molecule is CC(C)(C)N1CCC(Cc2ccccc2)C1. The first-order valence-corrected chi connectivity index (χ1v) is 6.35. The number of rotatable bonds is 2. The summed E-state index contributed by atoms with van der Waals surface area (Å²) in [6, 6.07) is 10.9. The first-order chi connectivity index (χ1) is 7.55. The second-order valence-corrected chi connectivity index (χ2v) is 5.96. The normalized spacial score (nSPS) is 22.6. The van der Waals surface area contributed by atoms with E-state index in [1.807, 2.05) is 0 Å². The van der Waals surface area contributed by atoms with Gasteiger partial charge in [0.1, 0.15) is 0 Å². The lowest BCUT2D eigenvalue weighted by atomic mass is 9.98. The minimum atomic E-state index is 0.339. The van der Waals surface area contributed by atoms with E-state index < -0.39 is 0 Å². The summed E-state index contributed by atoms with van der Waals surface area (Å²) in [6.07, 6.45) is 2.60. The molecule has 1 nitrogen and oxygen atoms in total. The smallest absolute Gasteiger partial charge is 0.0125 e. The van der Waals surface area contributed by atoms with Crippen molar-refractivity contribution in [3.63, 3.8) is 0 Å². The second-order valence-electron chi connectivity index (χ2n) is 5.96. The van der Waals surface area contributed by atoms with Gasteiger partial charge in [-0.05, 0) is 51.6 Å². The van der Waals surface area contributed by atoms with Crippen molar-refractivity contribution in [3.8, 4) is 0 Å². The van der Waals surface area contributed by atoms with E-state index >= 15 is 0 Å². The third kappa shape index (κ3) is 2.85. The van der Waals surface area contributed by atoms with Crippen LogP contribution in [0.1, 0.15) is 32.8 Å². The predicted octanol–water partition coefficient (Wildman–Crippen LogP) is 3.35. The van der Waals surface area contributed by atoms with E-state index in [1.165, 1.54) is 31.5 Å². The average Bonchev–Trinajstić information content (AvgIpc) is 2.67. The van der Waals surface area contributed by atoms with Crippen LogP contribution in [-0.2, 0) is 6.42 Å². The molecule has 0 spiro atoms. The van der Waals surface area contributed by atoms with Crippen LogP contribution in [0.15, 0.2) is 30.3 Å². The summed E-state index contributed by atoms with van der Waals surface area (Å²) in [6.45, 7) is 9.48. The van der Waals surface area contributed by atoms with Crippen LogP contribution in [-0.4, -0.2) is 23.5 Å². The zero-order valence-corrected chi connectivity index (χ0v) is 10.7. The Morgan fingerprint density at radius 1 is 1.19 bits per heavy atom. The van der Waals surface area contributed by atoms with E-state index in [0.29, 0.717) is 5.54 Å². The molecule has 1 aromatic carbocycles. The van der Waals surface area contributed by atoms with Crippen LogP contribution in [0.4, 0.5) is 0 Å². The van der Waals surface area contributed by atoms with E-state index in [2.05, 4.69) is 56.0 Å². The molecule has 0 aromatic heterocycles. The fraction of sp³-hybridized carbons (Fsp3) is 0.600. The Kier molecular flexibility index (Phi) is 3.34. The van der Waals surface area contributed by atoms with Crippen LogP contribution in [0.25, 0.3) is 0 Å². The van der Waals surface area contributed by atoms with Gasteiger partial charge in [-0.25, -0.2) is 0 Å². The molecule has 1 heteroatoms. The molecule has 1 aromatic rings. The fourth-order valence-corrected chi connectivity index (χ4v) is 2.56. The maximum absolute atomic E-state index is 2.61. The van der Waals surface area contributed by atoms with Gasteiger partial charge in [0.05, 0.1) is 0 Å². The molecule has 0 N–H and O–H groups in total. The first-order valence-electron chi connectivity index (χ1n) is 6.35. The van der Waals surface area contributed by atoms with Gasteiger partial charge in [0, 0.05) is 12.1 Å². The van der Waals surface area contributed by atoms with Gasteiger partial charge in [-0.2, -0.15) is 0 Å². The molecule has 0 bridgehead atoms. The van der Waals surface area contributed by atoms with E-state index in [-0.39, 0.29) is 0 Å². The van der Waals surface area contributed by atoms with Crippen molar-refractivity contribution in [3.05, 3.63) is 35.9 Å². The van der Waals surface area contributed by atoms with E-state index in [0.717, 1.165) is 5.92 Å². The van der Waals surface area contributed by atoms with Crippen molar-refractivity contribution in [2.45, 2.75) is 39.2 Å². The molecule has 1 saturated heterocycles. The van der Waals surface area contributed by atoms with E-state index in [1.54, 1.807) is 0 Å². The summed E-state index contributed by atoms with van der Waals surface area (Å²) < 4.78 is 0. The lowest BCUT2D eigenvalue weighted by Crippen LogP contribution is -2.39. The molecule has 1 aliphatic heterocycles. The quantitative estimate of drug-likeness (QED) is 0.734. The monoisotopic (exact) mass is 217 g/mol. The standard InChI is InChI=1S/C15H23N/c1-15(2,3)16-10-9-14(12-16)11-13-7-5-4-6-8-13/h4-8,14H,9-12H2,1-3H3. The molecule has 0 aliphatic carbocycles. The lowest BCUT2D eigenvalue weighted by molar-refractivity contribution is 0.168. The van der Waals surface area contributed by atoms with Crippen molar-refractivity contribution < 1.29 is 0 Å². The van der Waals surface area contributed by atoms with Gasteiger partial charge in [0.25, 0.3) is 0 Å². The molecule has 0 saturated carbocycles. The maximum Gasteiger partial charge on any atom is 0.0125 e. The number of benzene rings is 1. The number of likely N-dealkylation sites (tertiary alicyclic amines) is 1. The van der Waals surface area contributed by atoms with Crippen molar-refractivity contribution >= 4 is 0 Å². The van der Waals surface area contributed by atoms with Crippen molar-refractivity contribution in [1.82, 2.24) is 4.90 Å². The van der Waals surface area contributed by atoms with E-state index in [9.17, 15) is 0 Å². The summed E-state index contributed by atoms with van der Waals surface area (Å²) in [4.78, 5) is 2.61.